The number of rotatable bonds is 12. The predicted octanol–water partition coefficient (Wildman–Crippen LogP) is 0.374. The molecule has 1 aromatic heterocycles. The minimum Gasteiger partial charge on any atom is -0.462 e. The Morgan fingerprint density at radius 3 is 2.52 bits per heavy atom. The highest BCUT2D eigenvalue weighted by atomic mass is 31.1. The lowest BCUT2D eigenvalue weighted by Crippen LogP contribution is -2.39. The number of aromatic nitrogens is 2. The van der Waals surface area contributed by atoms with Crippen molar-refractivity contribution in [1.82, 2.24) is 14.6 Å². The van der Waals surface area contributed by atoms with Crippen LogP contribution >= 0.6 is 8.18 Å². The average molecular weight is 438 g/mol. The van der Waals surface area contributed by atoms with E-state index < -0.39 is 63.2 Å². The van der Waals surface area contributed by atoms with Gasteiger partial charge in [0.05, 0.1) is 12.2 Å². The summed E-state index contributed by atoms with van der Waals surface area (Å²) >= 11 is 0. The summed E-state index contributed by atoms with van der Waals surface area (Å²) in [6.45, 7) is 4.53. The number of carbonyl (C=O) groups excluding carboxylic acids is 1. The number of aliphatic hydroxyl groups is 1. The van der Waals surface area contributed by atoms with Crippen LogP contribution in [0.5, 0.6) is 0 Å². The fourth-order valence-electron chi connectivity index (χ4n) is 2.05. The van der Waals surface area contributed by atoms with Crippen molar-refractivity contribution >= 4 is 14.1 Å². The highest BCUT2D eigenvalue weighted by molar-refractivity contribution is 7.36. The fraction of sp³-hybridized carbons (Fsp3) is 0.688. The standard InChI is InChI=1S/C16H25FN3O8P/c1-9(2)27-15(23)10(3)19-29(25)26-8-12(11(4)21)28-14(7-17)20-6-5-13(22)18-16(20)24/h5-6,9-12,14,21H,7-8H2,1-4H3,(H-,18,19,22,24,25)/p+1/t10-,11-,12+,14+/m0/s1. The summed E-state index contributed by atoms with van der Waals surface area (Å²) in [5, 5.41) is 12.2. The van der Waals surface area contributed by atoms with E-state index in [1.807, 2.05) is 4.98 Å². The van der Waals surface area contributed by atoms with E-state index in [2.05, 4.69) is 5.09 Å². The Morgan fingerprint density at radius 1 is 1.34 bits per heavy atom. The first-order valence-electron chi connectivity index (χ1n) is 8.83. The van der Waals surface area contributed by atoms with E-state index in [1.54, 1.807) is 13.8 Å². The Bertz CT molecular complexity index is 797. The molecule has 0 amide bonds. The number of hydrogen-bond acceptors (Lipinski definition) is 8. The summed E-state index contributed by atoms with van der Waals surface area (Å²) in [7, 11) is -2.53. The van der Waals surface area contributed by atoms with Crippen LogP contribution in [-0.4, -0.2) is 58.3 Å². The summed E-state index contributed by atoms with van der Waals surface area (Å²) in [6, 6.07) is 0.102. The molecule has 0 saturated carbocycles. The lowest BCUT2D eigenvalue weighted by atomic mass is 10.2. The molecule has 0 aliphatic carbocycles. The smallest absolute Gasteiger partial charge is 0.462 e. The van der Waals surface area contributed by atoms with Gasteiger partial charge in [0, 0.05) is 12.3 Å². The molecule has 0 aliphatic rings. The monoisotopic (exact) mass is 438 g/mol. The Morgan fingerprint density at radius 2 is 2.00 bits per heavy atom. The van der Waals surface area contributed by atoms with Crippen molar-refractivity contribution in [2.24, 2.45) is 0 Å². The molecule has 1 heterocycles. The van der Waals surface area contributed by atoms with Crippen LogP contribution < -0.4 is 16.3 Å². The molecule has 164 valence electrons. The summed E-state index contributed by atoms with van der Waals surface area (Å²) in [5.74, 6) is -0.620. The molecule has 0 fully saturated rings. The molecule has 11 nitrogen and oxygen atoms in total. The molecule has 0 radical (unpaired) electrons. The molecule has 1 unspecified atom stereocenters. The first kappa shape index (κ1) is 25.1. The van der Waals surface area contributed by atoms with Crippen molar-refractivity contribution in [3.63, 3.8) is 0 Å². The third-order valence-corrected chi connectivity index (χ3v) is 4.51. The largest absolute Gasteiger partial charge is 0.613 e. The molecule has 29 heavy (non-hydrogen) atoms. The second-order valence-electron chi connectivity index (χ2n) is 6.43. The number of nitrogens with one attached hydrogen (secondary N) is 2. The van der Waals surface area contributed by atoms with Crippen molar-refractivity contribution in [2.45, 2.75) is 58.3 Å². The predicted molar refractivity (Wildman–Crippen MR) is 100 cm³/mol. The first-order valence-corrected chi connectivity index (χ1v) is 10.0. The summed E-state index contributed by atoms with van der Waals surface area (Å²) in [4.78, 5) is 36.6. The first-order chi connectivity index (χ1) is 13.5. The van der Waals surface area contributed by atoms with Crippen LogP contribution in [0.4, 0.5) is 4.39 Å². The zero-order chi connectivity index (χ0) is 22.1. The van der Waals surface area contributed by atoms with Crippen molar-refractivity contribution < 1.29 is 32.9 Å². The topological polar surface area (TPSA) is 149 Å². The molecule has 3 N–H and O–H groups in total. The molecule has 0 bridgehead atoms. The van der Waals surface area contributed by atoms with E-state index in [0.29, 0.717) is 0 Å². The number of H-pyrrole nitrogens is 1. The number of nitrogens with zero attached hydrogens (tertiary/aromatic N) is 1. The summed E-state index contributed by atoms with van der Waals surface area (Å²) in [6.07, 6.45) is -3.07. The molecule has 0 aliphatic heterocycles. The van der Waals surface area contributed by atoms with E-state index >= 15 is 0 Å². The molecule has 1 aromatic rings. The van der Waals surface area contributed by atoms with Gasteiger partial charge in [-0.3, -0.25) is 19.1 Å². The van der Waals surface area contributed by atoms with Crippen LogP contribution in [0.25, 0.3) is 0 Å². The Kier molecular flexibility index (Phi) is 10.3. The van der Waals surface area contributed by atoms with Gasteiger partial charge in [0.1, 0.15) is 25.4 Å². The average Bonchev–Trinajstić information content (AvgIpc) is 2.61. The van der Waals surface area contributed by atoms with Crippen LogP contribution in [0.3, 0.4) is 0 Å². The van der Waals surface area contributed by atoms with E-state index in [1.165, 1.54) is 13.8 Å². The zero-order valence-corrected chi connectivity index (χ0v) is 17.4. The zero-order valence-electron chi connectivity index (χ0n) is 16.5. The van der Waals surface area contributed by atoms with Gasteiger partial charge in [-0.1, -0.05) is 5.09 Å². The van der Waals surface area contributed by atoms with Gasteiger partial charge in [-0.2, -0.15) is 0 Å². The van der Waals surface area contributed by atoms with Gasteiger partial charge in [0.15, 0.2) is 6.23 Å². The third-order valence-electron chi connectivity index (χ3n) is 3.52. The van der Waals surface area contributed by atoms with Gasteiger partial charge >= 0.3 is 19.8 Å². The lowest BCUT2D eigenvalue weighted by molar-refractivity contribution is -0.149. The van der Waals surface area contributed by atoms with Crippen LogP contribution in [0.2, 0.25) is 0 Å². The minimum atomic E-state index is -2.53. The molecular formula is C16H26FN3O8P+. The van der Waals surface area contributed by atoms with Crippen molar-refractivity contribution in [1.29, 1.82) is 0 Å². The Balaban J connectivity index is 2.70. The van der Waals surface area contributed by atoms with Crippen LogP contribution in [0, 0.1) is 0 Å². The third kappa shape index (κ3) is 8.50. The van der Waals surface area contributed by atoms with Gasteiger partial charge in [0.25, 0.3) is 5.56 Å². The number of aromatic amines is 1. The van der Waals surface area contributed by atoms with Crippen molar-refractivity contribution in [3.05, 3.63) is 33.1 Å². The van der Waals surface area contributed by atoms with Crippen LogP contribution in [0.1, 0.15) is 33.9 Å². The number of aliphatic hydroxyl groups excluding tert-OH is 1. The number of ether oxygens (including phenoxy) is 2. The molecule has 0 spiro atoms. The van der Waals surface area contributed by atoms with Gasteiger partial charge < -0.3 is 14.6 Å². The lowest BCUT2D eigenvalue weighted by Gasteiger charge is -2.24. The molecular weight excluding hydrogens is 412 g/mol. The molecule has 0 saturated heterocycles. The SMILES string of the molecule is CC(C)OC(=O)[C@H](C)N[P+](=O)OC[C@@H](O[C@H](CF)n1ccc(=O)[nH]c1=O)[C@H](C)O. The van der Waals surface area contributed by atoms with E-state index in [-0.39, 0.29) is 6.10 Å². The second-order valence-corrected chi connectivity index (χ2v) is 7.46. The van der Waals surface area contributed by atoms with Gasteiger partial charge in [-0.15, -0.1) is 4.52 Å². The van der Waals surface area contributed by atoms with E-state index in [4.69, 9.17) is 14.0 Å². The van der Waals surface area contributed by atoms with Crippen LogP contribution in [0.15, 0.2) is 21.9 Å². The Hall–Kier alpha value is -1.98. The minimum absolute atomic E-state index is 0.340. The highest BCUT2D eigenvalue weighted by Gasteiger charge is 2.31. The second kappa shape index (κ2) is 11.9. The quantitative estimate of drug-likeness (QED) is 0.311. The maximum absolute atomic E-state index is 13.4. The highest BCUT2D eigenvalue weighted by Crippen LogP contribution is 2.21. The Labute approximate surface area is 167 Å². The number of hydrogen-bond donors (Lipinski definition) is 3. The van der Waals surface area contributed by atoms with Crippen molar-refractivity contribution in [3.8, 4) is 0 Å². The molecule has 1 rings (SSSR count). The number of alkyl halides is 1. The molecule has 5 atom stereocenters. The van der Waals surface area contributed by atoms with Crippen LogP contribution in [-0.2, 0) is 23.4 Å². The molecule has 13 heteroatoms. The van der Waals surface area contributed by atoms with E-state index in [9.17, 15) is 28.4 Å². The summed E-state index contributed by atoms with van der Waals surface area (Å²) < 4.78 is 41.6. The molecule has 0 aromatic carbocycles. The number of halogens is 1. The van der Waals surface area contributed by atoms with Gasteiger partial charge in [-0.25, -0.2) is 9.18 Å². The number of esters is 1. The summed E-state index contributed by atoms with van der Waals surface area (Å²) in [5.41, 5.74) is -1.55. The number of carbonyl (C=O) groups is 1. The van der Waals surface area contributed by atoms with Gasteiger partial charge in [-0.05, 0) is 32.3 Å². The normalized spacial score (nSPS) is 16.2. The van der Waals surface area contributed by atoms with E-state index in [0.717, 1.165) is 16.8 Å². The maximum atomic E-state index is 13.4. The van der Waals surface area contributed by atoms with Crippen molar-refractivity contribution in [2.75, 3.05) is 13.3 Å². The van der Waals surface area contributed by atoms with Gasteiger partial charge in [0.2, 0.25) is 0 Å². The fourth-order valence-corrected chi connectivity index (χ4v) is 2.83. The maximum Gasteiger partial charge on any atom is 0.613 e.